The maximum atomic E-state index is 14.9. The first kappa shape index (κ1) is 21.3. The smallest absolute Gasteiger partial charge is 0.366 e. The molecule has 27 heavy (non-hydrogen) atoms. The number of alkyl halides is 5. The third-order valence-corrected chi connectivity index (χ3v) is 7.41. The monoisotopic (exact) mass is 396 g/mol. The van der Waals surface area contributed by atoms with E-state index in [1.165, 1.54) is 25.7 Å². The average molecular weight is 396 g/mol. The Hall–Kier alpha value is -0.390. The van der Waals surface area contributed by atoms with Gasteiger partial charge in [-0.2, -0.15) is 13.2 Å². The molecule has 0 heterocycles. The lowest BCUT2D eigenvalue weighted by atomic mass is 9.65. The zero-order valence-corrected chi connectivity index (χ0v) is 16.2. The molecule has 158 valence electrons. The predicted octanol–water partition coefficient (Wildman–Crippen LogP) is 6.65. The summed E-state index contributed by atoms with van der Waals surface area (Å²) in [5.41, 5.74) is 0. The molecule has 0 aliphatic heterocycles. The van der Waals surface area contributed by atoms with Gasteiger partial charge in [0.1, 0.15) is 19.0 Å². The van der Waals surface area contributed by atoms with Crippen LogP contribution in [0.15, 0.2) is 0 Å². The fourth-order valence-electron chi connectivity index (χ4n) is 5.78. The van der Waals surface area contributed by atoms with Gasteiger partial charge in [0.05, 0.1) is 6.10 Å². The minimum atomic E-state index is -4.43. The molecule has 3 rings (SSSR count). The number of ether oxygens (including phenoxy) is 1. The third kappa shape index (κ3) is 5.80. The summed E-state index contributed by atoms with van der Waals surface area (Å²) in [5.74, 6) is 1.69. The molecular formula is C21H33F5O. The number of rotatable bonds is 4. The predicted molar refractivity (Wildman–Crippen MR) is 94.9 cm³/mol. The topological polar surface area (TPSA) is 9.23 Å². The molecule has 0 amide bonds. The van der Waals surface area contributed by atoms with Crippen LogP contribution in [0.4, 0.5) is 22.0 Å². The van der Waals surface area contributed by atoms with Crippen LogP contribution >= 0.6 is 0 Å². The molecule has 0 spiro atoms. The Bertz CT molecular complexity index is 460. The van der Waals surface area contributed by atoms with Crippen LogP contribution in [0.1, 0.15) is 71.1 Å². The number of hydrogen-bond donors (Lipinski definition) is 0. The van der Waals surface area contributed by atoms with Gasteiger partial charge in [-0.3, -0.25) is 0 Å². The van der Waals surface area contributed by atoms with Gasteiger partial charge in [0.25, 0.3) is 0 Å². The van der Waals surface area contributed by atoms with E-state index in [2.05, 4.69) is 6.92 Å². The van der Waals surface area contributed by atoms with E-state index in [0.29, 0.717) is 24.7 Å². The normalized spacial score (nSPS) is 44.2. The highest BCUT2D eigenvalue weighted by Crippen LogP contribution is 2.47. The van der Waals surface area contributed by atoms with E-state index in [9.17, 15) is 22.0 Å². The molecule has 6 unspecified atom stereocenters. The van der Waals surface area contributed by atoms with Crippen molar-refractivity contribution >= 4 is 0 Å². The summed E-state index contributed by atoms with van der Waals surface area (Å²) < 4.78 is 70.8. The molecular weight excluding hydrogens is 363 g/mol. The molecule has 0 aromatic heterocycles. The Morgan fingerprint density at radius 1 is 0.741 bits per heavy atom. The van der Waals surface area contributed by atoms with Crippen LogP contribution in [0.25, 0.3) is 0 Å². The van der Waals surface area contributed by atoms with Gasteiger partial charge < -0.3 is 4.74 Å². The maximum Gasteiger partial charge on any atom is 0.411 e. The maximum absolute atomic E-state index is 14.9. The van der Waals surface area contributed by atoms with Crippen LogP contribution in [0.3, 0.4) is 0 Å². The second-order valence-electron chi connectivity index (χ2n) is 9.33. The molecule has 0 aromatic carbocycles. The highest BCUT2D eigenvalue weighted by molar-refractivity contribution is 4.92. The van der Waals surface area contributed by atoms with Gasteiger partial charge in [0.2, 0.25) is 0 Å². The van der Waals surface area contributed by atoms with Crippen molar-refractivity contribution in [2.45, 2.75) is 95.8 Å². The Morgan fingerprint density at radius 3 is 1.93 bits per heavy atom. The van der Waals surface area contributed by atoms with Gasteiger partial charge in [-0.15, -0.1) is 0 Å². The first-order valence-electron chi connectivity index (χ1n) is 10.7. The molecule has 1 nitrogen and oxygen atoms in total. The van der Waals surface area contributed by atoms with Crippen molar-refractivity contribution < 1.29 is 26.7 Å². The minimum absolute atomic E-state index is 0.0620. The quantitative estimate of drug-likeness (QED) is 0.483. The largest absolute Gasteiger partial charge is 0.411 e. The van der Waals surface area contributed by atoms with Crippen LogP contribution < -0.4 is 0 Å². The van der Waals surface area contributed by atoms with E-state index < -0.39 is 31.2 Å². The van der Waals surface area contributed by atoms with E-state index in [1.807, 2.05) is 0 Å². The van der Waals surface area contributed by atoms with Crippen molar-refractivity contribution in [2.24, 2.45) is 29.6 Å². The standard InChI is InChI=1S/C21H33F5O/c1-13-2-4-14(5-3-13)15-6-8-17(18(22)10-15)16-7-9-20(19(23)11-16)27-12-21(24,25)26/h13-20H,2-12H2,1H3. The lowest BCUT2D eigenvalue weighted by Crippen LogP contribution is -2.41. The van der Waals surface area contributed by atoms with E-state index in [0.717, 1.165) is 18.8 Å². The summed E-state index contributed by atoms with van der Waals surface area (Å²) in [4.78, 5) is 0. The highest BCUT2D eigenvalue weighted by Gasteiger charge is 2.43. The van der Waals surface area contributed by atoms with Crippen LogP contribution in [-0.4, -0.2) is 31.2 Å². The summed E-state index contributed by atoms with van der Waals surface area (Å²) in [6.07, 6.45) is 0.518. The van der Waals surface area contributed by atoms with Crippen molar-refractivity contribution in [1.29, 1.82) is 0 Å². The molecule has 3 fully saturated rings. The van der Waals surface area contributed by atoms with Gasteiger partial charge in [-0.1, -0.05) is 19.8 Å². The molecule has 6 atom stereocenters. The Kier molecular flexibility index (Phi) is 7.07. The van der Waals surface area contributed by atoms with Crippen molar-refractivity contribution in [3.8, 4) is 0 Å². The second kappa shape index (κ2) is 8.96. The van der Waals surface area contributed by atoms with E-state index >= 15 is 0 Å². The van der Waals surface area contributed by atoms with Gasteiger partial charge in [0, 0.05) is 0 Å². The summed E-state index contributed by atoms with van der Waals surface area (Å²) in [6.45, 7) is 0.882. The lowest BCUT2D eigenvalue weighted by Gasteiger charge is -2.43. The number of hydrogen-bond acceptors (Lipinski definition) is 1. The fraction of sp³-hybridized carbons (Fsp3) is 1.00. The summed E-state index contributed by atoms with van der Waals surface area (Å²) >= 11 is 0. The molecule has 0 bridgehead atoms. The molecule has 3 aliphatic carbocycles. The van der Waals surface area contributed by atoms with Crippen molar-refractivity contribution in [3.63, 3.8) is 0 Å². The van der Waals surface area contributed by atoms with E-state index in [4.69, 9.17) is 4.74 Å². The Labute approximate surface area is 159 Å². The zero-order valence-electron chi connectivity index (χ0n) is 16.2. The summed E-state index contributed by atoms with van der Waals surface area (Å²) in [6, 6.07) is 0. The minimum Gasteiger partial charge on any atom is -0.366 e. The van der Waals surface area contributed by atoms with Gasteiger partial charge >= 0.3 is 6.18 Å². The summed E-state index contributed by atoms with van der Waals surface area (Å²) in [7, 11) is 0. The van der Waals surface area contributed by atoms with Gasteiger partial charge in [-0.05, 0) is 81.0 Å². The lowest BCUT2D eigenvalue weighted by molar-refractivity contribution is -0.196. The molecule has 0 radical (unpaired) electrons. The highest BCUT2D eigenvalue weighted by atomic mass is 19.4. The Balaban J connectivity index is 1.46. The zero-order chi connectivity index (χ0) is 19.6. The molecule has 6 heteroatoms. The van der Waals surface area contributed by atoms with Crippen LogP contribution in [0, 0.1) is 29.6 Å². The fourth-order valence-corrected chi connectivity index (χ4v) is 5.78. The second-order valence-corrected chi connectivity index (χ2v) is 9.33. The molecule has 3 aliphatic rings. The van der Waals surface area contributed by atoms with Crippen LogP contribution in [0.5, 0.6) is 0 Å². The van der Waals surface area contributed by atoms with Crippen LogP contribution in [-0.2, 0) is 4.74 Å². The van der Waals surface area contributed by atoms with Crippen molar-refractivity contribution in [2.75, 3.05) is 6.61 Å². The van der Waals surface area contributed by atoms with E-state index in [-0.39, 0.29) is 24.7 Å². The summed E-state index contributed by atoms with van der Waals surface area (Å²) in [5, 5.41) is 0. The SMILES string of the molecule is CC1CCC(C2CCC(C3CCC(OCC(F)(F)F)C(F)C3)C(F)C2)CC1. The van der Waals surface area contributed by atoms with Crippen molar-refractivity contribution in [1.82, 2.24) is 0 Å². The van der Waals surface area contributed by atoms with Crippen molar-refractivity contribution in [3.05, 3.63) is 0 Å². The average Bonchev–Trinajstić information content (AvgIpc) is 2.60. The third-order valence-electron chi connectivity index (χ3n) is 7.41. The van der Waals surface area contributed by atoms with Gasteiger partial charge in [-0.25, -0.2) is 8.78 Å². The molecule has 3 saturated carbocycles. The first-order valence-corrected chi connectivity index (χ1v) is 10.7. The van der Waals surface area contributed by atoms with Gasteiger partial charge in [0.15, 0.2) is 0 Å². The number of halogens is 5. The Morgan fingerprint density at radius 2 is 1.33 bits per heavy atom. The molecule has 0 aromatic rings. The first-order chi connectivity index (χ1) is 12.7. The molecule has 0 saturated heterocycles. The van der Waals surface area contributed by atoms with E-state index in [1.54, 1.807) is 0 Å². The van der Waals surface area contributed by atoms with Crippen LogP contribution in [0.2, 0.25) is 0 Å². The molecule has 0 N–H and O–H groups in total.